The minimum atomic E-state index is -0.993. The number of hydrogen-bond acceptors (Lipinski definition) is 3. The number of ether oxygens (including phenoxy) is 2. The Morgan fingerprint density at radius 2 is 0.652 bits per heavy atom. The minimum absolute atomic E-state index is 0.331. The second kappa shape index (κ2) is 22.5. The lowest BCUT2D eigenvalue weighted by Crippen LogP contribution is -2.29. The van der Waals surface area contributed by atoms with Crippen molar-refractivity contribution < 1.29 is 18.3 Å². The van der Waals surface area contributed by atoms with Crippen LogP contribution in [0.4, 0.5) is 25.8 Å². The quantitative estimate of drug-likeness (QED) is 0.102. The third kappa shape index (κ3) is 9.34. The van der Waals surface area contributed by atoms with E-state index < -0.39 is 10.8 Å². The molecule has 15 rings (SSSR count). The van der Waals surface area contributed by atoms with Crippen LogP contribution in [-0.2, 0) is 10.8 Å². The van der Waals surface area contributed by atoms with Crippen molar-refractivity contribution in [3.63, 3.8) is 0 Å². The van der Waals surface area contributed by atoms with Crippen molar-refractivity contribution in [2.45, 2.75) is 10.8 Å². The summed E-state index contributed by atoms with van der Waals surface area (Å²) in [7, 11) is 0. The SMILES string of the molecule is C=Cc1ccc(Oc2ccc(C3(c4cccc(F)c4)c4ccccc4-c4ccc(N(c5cccc(-c6ccccc6-c6ccccc6)c5)c5ccc6c(c5)C(c5ccc(Oc7ccc(C=C)cc7)cc5)(c5cccc(F)c5)c5ccccc5-6)cc43)cc2)cc1. The Bertz CT molecular complexity index is 4600. The zero-order valence-corrected chi connectivity index (χ0v) is 48.5. The highest BCUT2D eigenvalue weighted by atomic mass is 19.1. The number of hydrogen-bond donors (Lipinski definition) is 0. The number of fused-ring (bicyclic) bond motifs is 6. The summed E-state index contributed by atoms with van der Waals surface area (Å²) in [6.45, 7) is 7.83. The molecule has 0 heterocycles. The molecular weight excluding hydrogens is 1090 g/mol. The van der Waals surface area contributed by atoms with Crippen LogP contribution in [0.2, 0.25) is 0 Å². The molecule has 89 heavy (non-hydrogen) atoms. The van der Waals surface area contributed by atoms with Gasteiger partial charge in [-0.2, -0.15) is 0 Å². The summed E-state index contributed by atoms with van der Waals surface area (Å²) in [5, 5.41) is 0. The predicted octanol–water partition coefficient (Wildman–Crippen LogP) is 22.4. The third-order valence-electron chi connectivity index (χ3n) is 17.8. The fourth-order valence-electron chi connectivity index (χ4n) is 13.9. The Labute approximate surface area is 517 Å². The molecule has 0 radical (unpaired) electrons. The van der Waals surface area contributed by atoms with Crippen LogP contribution in [0.1, 0.15) is 55.6 Å². The first-order chi connectivity index (χ1) is 43.8. The van der Waals surface area contributed by atoms with Crippen LogP contribution in [0.25, 0.3) is 56.7 Å². The highest BCUT2D eigenvalue weighted by molar-refractivity contribution is 5.94. The zero-order chi connectivity index (χ0) is 60.1. The van der Waals surface area contributed by atoms with E-state index in [1.165, 1.54) is 12.1 Å². The van der Waals surface area contributed by atoms with Gasteiger partial charge >= 0.3 is 0 Å². The van der Waals surface area contributed by atoms with Crippen molar-refractivity contribution in [2.24, 2.45) is 0 Å². The molecule has 2 unspecified atom stereocenters. The molecule has 3 nitrogen and oxygen atoms in total. The fraction of sp³-hybridized carbons (Fsp3) is 0.0238. The van der Waals surface area contributed by atoms with E-state index in [-0.39, 0.29) is 11.6 Å². The molecule has 0 amide bonds. The van der Waals surface area contributed by atoms with Crippen LogP contribution < -0.4 is 14.4 Å². The first-order valence-corrected chi connectivity index (χ1v) is 29.9. The van der Waals surface area contributed by atoms with Gasteiger partial charge in [0.2, 0.25) is 0 Å². The Hall–Kier alpha value is -11.4. The minimum Gasteiger partial charge on any atom is -0.457 e. The summed E-state index contributed by atoms with van der Waals surface area (Å²) in [4.78, 5) is 2.34. The summed E-state index contributed by atoms with van der Waals surface area (Å²) in [6.07, 6.45) is 3.62. The molecule has 0 aromatic heterocycles. The summed E-state index contributed by atoms with van der Waals surface area (Å²) in [6, 6.07) is 105. The van der Waals surface area contributed by atoms with Gasteiger partial charge in [0.05, 0.1) is 10.8 Å². The lowest BCUT2D eigenvalue weighted by molar-refractivity contribution is 0.482. The Morgan fingerprint density at radius 3 is 1.10 bits per heavy atom. The molecule has 13 aromatic carbocycles. The molecule has 0 spiro atoms. The molecule has 2 aliphatic rings. The van der Waals surface area contributed by atoms with E-state index in [1.54, 1.807) is 12.1 Å². The van der Waals surface area contributed by atoms with Gasteiger partial charge in [-0.15, -0.1) is 0 Å². The monoisotopic (exact) mass is 1150 g/mol. The van der Waals surface area contributed by atoms with Crippen LogP contribution >= 0.6 is 0 Å². The molecule has 0 saturated heterocycles. The van der Waals surface area contributed by atoms with Gasteiger partial charge in [0.1, 0.15) is 34.6 Å². The van der Waals surface area contributed by atoms with Crippen LogP contribution in [0.3, 0.4) is 0 Å². The van der Waals surface area contributed by atoms with Gasteiger partial charge in [0.25, 0.3) is 0 Å². The van der Waals surface area contributed by atoms with Crippen molar-refractivity contribution in [3.05, 3.63) is 390 Å². The van der Waals surface area contributed by atoms with Crippen molar-refractivity contribution in [1.82, 2.24) is 0 Å². The smallest absolute Gasteiger partial charge is 0.127 e. The maximum atomic E-state index is 16.2. The van der Waals surface area contributed by atoms with E-state index in [2.05, 4.69) is 200 Å². The first-order valence-electron chi connectivity index (χ1n) is 29.9. The van der Waals surface area contributed by atoms with E-state index in [0.717, 1.165) is 117 Å². The van der Waals surface area contributed by atoms with E-state index >= 15 is 8.78 Å². The van der Waals surface area contributed by atoms with Crippen molar-refractivity contribution in [1.29, 1.82) is 0 Å². The van der Waals surface area contributed by atoms with Gasteiger partial charge < -0.3 is 14.4 Å². The zero-order valence-electron chi connectivity index (χ0n) is 48.5. The van der Waals surface area contributed by atoms with Gasteiger partial charge in [-0.25, -0.2) is 8.78 Å². The van der Waals surface area contributed by atoms with Gasteiger partial charge in [-0.1, -0.05) is 226 Å². The van der Waals surface area contributed by atoms with Crippen LogP contribution in [0, 0.1) is 11.6 Å². The number of nitrogens with zero attached hydrogens (tertiary/aromatic N) is 1. The lowest BCUT2D eigenvalue weighted by Gasteiger charge is -2.36. The second-order valence-corrected chi connectivity index (χ2v) is 22.7. The molecule has 0 fully saturated rings. The van der Waals surface area contributed by atoms with Gasteiger partial charge in [-0.05, 0) is 209 Å². The second-order valence-electron chi connectivity index (χ2n) is 22.7. The molecular formula is C84H57F2NO2. The van der Waals surface area contributed by atoms with Crippen LogP contribution in [-0.4, -0.2) is 0 Å². The molecule has 5 heteroatoms. The third-order valence-corrected chi connectivity index (χ3v) is 17.8. The number of benzene rings is 13. The number of rotatable bonds is 15. The Kier molecular flexibility index (Phi) is 13.7. The summed E-state index contributed by atoms with van der Waals surface area (Å²) in [5.41, 5.74) is 18.8. The predicted molar refractivity (Wildman–Crippen MR) is 360 cm³/mol. The van der Waals surface area contributed by atoms with Gasteiger partial charge in [0, 0.05) is 17.1 Å². The Balaban J connectivity index is 0.955. The number of halogens is 2. The molecule has 424 valence electrons. The molecule has 13 aromatic rings. The lowest BCUT2D eigenvalue weighted by atomic mass is 9.67. The van der Waals surface area contributed by atoms with Crippen LogP contribution in [0.15, 0.2) is 323 Å². The van der Waals surface area contributed by atoms with Gasteiger partial charge in [-0.3, -0.25) is 0 Å². The van der Waals surface area contributed by atoms with Crippen LogP contribution in [0.5, 0.6) is 23.0 Å². The number of anilines is 3. The largest absolute Gasteiger partial charge is 0.457 e. The molecule has 0 aliphatic heterocycles. The van der Waals surface area contributed by atoms with Gasteiger partial charge in [0.15, 0.2) is 0 Å². The molecule has 0 N–H and O–H groups in total. The highest BCUT2D eigenvalue weighted by Gasteiger charge is 2.48. The normalized spacial score (nSPS) is 15.0. The maximum absolute atomic E-state index is 16.2. The molecule has 2 atom stereocenters. The van der Waals surface area contributed by atoms with E-state index in [4.69, 9.17) is 9.47 Å². The van der Waals surface area contributed by atoms with Crippen molar-refractivity contribution in [2.75, 3.05) is 4.90 Å². The molecule has 0 bridgehead atoms. The maximum Gasteiger partial charge on any atom is 0.127 e. The Morgan fingerprint density at radius 1 is 0.281 bits per heavy atom. The molecule has 2 aliphatic carbocycles. The summed E-state index contributed by atoms with van der Waals surface area (Å²) < 4.78 is 45.3. The van der Waals surface area contributed by atoms with E-state index in [0.29, 0.717) is 23.0 Å². The fourth-order valence-corrected chi connectivity index (χ4v) is 13.9. The average molecular weight is 1150 g/mol. The summed E-state index contributed by atoms with van der Waals surface area (Å²) >= 11 is 0. The first kappa shape index (κ1) is 54.3. The highest BCUT2D eigenvalue weighted by Crippen LogP contribution is 2.60. The van der Waals surface area contributed by atoms with Crippen molar-refractivity contribution in [3.8, 4) is 67.5 Å². The topological polar surface area (TPSA) is 21.7 Å². The van der Waals surface area contributed by atoms with Crippen molar-refractivity contribution >= 4 is 29.2 Å². The van der Waals surface area contributed by atoms with E-state index in [1.807, 2.05) is 115 Å². The summed E-state index contributed by atoms with van der Waals surface area (Å²) in [5.74, 6) is 2.08. The standard InChI is InChI=1S/C84H57F2NO2/c1-3-56-31-41-69(42-32-56)88-71-45-35-60(36-46-71)83(62-20-15-22-64(85)52-62)79-29-12-10-27-75(79)77-49-39-67(54-81(77)83)87(66-24-14-19-59(51-66)74-26-9-8-25-73(74)58-17-6-5-7-18-58)68-40-50-78-76-28-11-13-30-80(76)84(82(78)55-68,63-21-16-23-65(86)53-63)61-37-47-72(48-38-61)89-70-43-33-57(4-2)34-44-70/h3-55H,1-2H2. The van der Waals surface area contributed by atoms with E-state index in [9.17, 15) is 0 Å². The molecule has 0 saturated carbocycles. The average Bonchev–Trinajstić information content (AvgIpc) is 1.57.